The van der Waals surface area contributed by atoms with E-state index in [0.29, 0.717) is 19.6 Å². The molecule has 0 aliphatic heterocycles. The predicted molar refractivity (Wildman–Crippen MR) is 67.7 cm³/mol. The second-order valence-corrected chi connectivity index (χ2v) is 3.85. The molecular weight excluding hydrogens is 253 g/mol. The monoisotopic (exact) mass is 269 g/mol. The molecule has 0 spiro atoms. The fourth-order valence-electron chi connectivity index (χ4n) is 1.47. The van der Waals surface area contributed by atoms with Crippen LogP contribution in [0.25, 0.3) is 0 Å². The zero-order chi connectivity index (χ0) is 14.3. The fourth-order valence-corrected chi connectivity index (χ4v) is 1.47. The molecular formula is C13H16FNO4. The molecule has 0 saturated carbocycles. The SMILES string of the molecule is CCOCCCC(=O)Nc1ccc(F)c(C(=O)O)c1. The Morgan fingerprint density at radius 2 is 2.16 bits per heavy atom. The number of benzene rings is 1. The largest absolute Gasteiger partial charge is 0.478 e. The van der Waals surface area contributed by atoms with Gasteiger partial charge in [0.05, 0.1) is 5.56 Å². The Morgan fingerprint density at radius 1 is 1.42 bits per heavy atom. The number of carboxylic acids is 1. The van der Waals surface area contributed by atoms with E-state index >= 15 is 0 Å². The van der Waals surface area contributed by atoms with E-state index in [2.05, 4.69) is 5.32 Å². The van der Waals surface area contributed by atoms with Gasteiger partial charge in [-0.15, -0.1) is 0 Å². The minimum absolute atomic E-state index is 0.261. The maximum Gasteiger partial charge on any atom is 0.338 e. The van der Waals surface area contributed by atoms with E-state index in [4.69, 9.17) is 9.84 Å². The molecule has 104 valence electrons. The molecule has 0 saturated heterocycles. The van der Waals surface area contributed by atoms with Crippen LogP contribution in [0, 0.1) is 5.82 Å². The van der Waals surface area contributed by atoms with Crippen LogP contribution in [0.3, 0.4) is 0 Å². The van der Waals surface area contributed by atoms with Crippen molar-refractivity contribution in [1.82, 2.24) is 0 Å². The maximum atomic E-state index is 13.1. The number of carboxylic acid groups (broad SMARTS) is 1. The van der Waals surface area contributed by atoms with Gasteiger partial charge in [-0.2, -0.15) is 0 Å². The highest BCUT2D eigenvalue weighted by Gasteiger charge is 2.11. The molecule has 0 fully saturated rings. The van der Waals surface area contributed by atoms with Crippen molar-refractivity contribution in [3.63, 3.8) is 0 Å². The van der Waals surface area contributed by atoms with Crippen LogP contribution in [0.1, 0.15) is 30.1 Å². The topological polar surface area (TPSA) is 75.6 Å². The summed E-state index contributed by atoms with van der Waals surface area (Å²) in [6, 6.07) is 3.43. The summed E-state index contributed by atoms with van der Waals surface area (Å²) in [6.45, 7) is 2.96. The molecule has 1 amide bonds. The van der Waals surface area contributed by atoms with Crippen molar-refractivity contribution in [2.45, 2.75) is 19.8 Å². The quantitative estimate of drug-likeness (QED) is 0.744. The summed E-state index contributed by atoms with van der Waals surface area (Å²) in [5.74, 6) is -2.46. The summed E-state index contributed by atoms with van der Waals surface area (Å²) in [4.78, 5) is 22.3. The van der Waals surface area contributed by atoms with Gasteiger partial charge in [0.25, 0.3) is 0 Å². The predicted octanol–water partition coefficient (Wildman–Crippen LogP) is 2.28. The first-order valence-corrected chi connectivity index (χ1v) is 5.95. The summed E-state index contributed by atoms with van der Waals surface area (Å²) in [7, 11) is 0. The van der Waals surface area contributed by atoms with E-state index in [0.717, 1.165) is 12.1 Å². The van der Waals surface area contributed by atoms with Crippen LogP contribution in [0.5, 0.6) is 0 Å². The first-order chi connectivity index (χ1) is 9.04. The third-order valence-electron chi connectivity index (χ3n) is 2.38. The van der Waals surface area contributed by atoms with Gasteiger partial charge in [-0.05, 0) is 31.5 Å². The molecule has 6 heteroatoms. The fraction of sp³-hybridized carbons (Fsp3) is 0.385. The molecule has 1 aromatic carbocycles. The number of ether oxygens (including phenoxy) is 1. The highest BCUT2D eigenvalue weighted by Crippen LogP contribution is 2.15. The Labute approximate surface area is 110 Å². The van der Waals surface area contributed by atoms with E-state index in [1.165, 1.54) is 6.07 Å². The molecule has 0 heterocycles. The van der Waals surface area contributed by atoms with Crippen molar-refractivity contribution in [3.05, 3.63) is 29.6 Å². The Hall–Kier alpha value is -1.95. The lowest BCUT2D eigenvalue weighted by Gasteiger charge is -2.06. The van der Waals surface area contributed by atoms with Crippen molar-refractivity contribution in [1.29, 1.82) is 0 Å². The summed E-state index contributed by atoms with van der Waals surface area (Å²) in [6.07, 6.45) is 0.840. The molecule has 1 rings (SSSR count). The molecule has 0 atom stereocenters. The number of aromatic carboxylic acids is 1. The summed E-state index contributed by atoms with van der Waals surface area (Å²) in [5, 5.41) is 11.3. The Kier molecular flexibility index (Phi) is 5.95. The van der Waals surface area contributed by atoms with Crippen molar-refractivity contribution < 1.29 is 23.8 Å². The molecule has 0 unspecified atom stereocenters. The third kappa shape index (κ3) is 5.05. The summed E-state index contributed by atoms with van der Waals surface area (Å²) >= 11 is 0. The van der Waals surface area contributed by atoms with E-state index in [9.17, 15) is 14.0 Å². The Balaban J connectivity index is 2.55. The van der Waals surface area contributed by atoms with Gasteiger partial charge in [-0.1, -0.05) is 0 Å². The summed E-state index contributed by atoms with van der Waals surface area (Å²) in [5.41, 5.74) is -0.202. The summed E-state index contributed by atoms with van der Waals surface area (Å²) < 4.78 is 18.2. The van der Waals surface area contributed by atoms with Gasteiger partial charge in [0.1, 0.15) is 5.82 Å². The number of carbonyl (C=O) groups is 2. The minimum atomic E-state index is -1.37. The van der Waals surface area contributed by atoms with Crippen LogP contribution >= 0.6 is 0 Å². The number of amides is 1. The number of anilines is 1. The van der Waals surface area contributed by atoms with Crippen LogP contribution in [-0.4, -0.2) is 30.2 Å². The lowest BCUT2D eigenvalue weighted by atomic mass is 10.2. The average molecular weight is 269 g/mol. The lowest BCUT2D eigenvalue weighted by Crippen LogP contribution is -2.13. The van der Waals surface area contributed by atoms with Crippen LogP contribution in [0.2, 0.25) is 0 Å². The van der Waals surface area contributed by atoms with Gasteiger partial charge in [0.15, 0.2) is 0 Å². The van der Waals surface area contributed by atoms with Crippen LogP contribution in [-0.2, 0) is 9.53 Å². The smallest absolute Gasteiger partial charge is 0.338 e. The van der Waals surface area contributed by atoms with Crippen LogP contribution in [0.15, 0.2) is 18.2 Å². The highest BCUT2D eigenvalue weighted by atomic mass is 19.1. The molecule has 0 aliphatic carbocycles. The Morgan fingerprint density at radius 3 is 2.79 bits per heavy atom. The normalized spacial score (nSPS) is 10.2. The third-order valence-corrected chi connectivity index (χ3v) is 2.38. The second-order valence-electron chi connectivity index (χ2n) is 3.85. The van der Waals surface area contributed by atoms with Gasteiger partial charge in [0.2, 0.25) is 5.91 Å². The van der Waals surface area contributed by atoms with Crippen molar-refractivity contribution in [2.75, 3.05) is 18.5 Å². The Bertz CT molecular complexity index is 462. The first kappa shape index (κ1) is 15.1. The molecule has 0 aliphatic rings. The zero-order valence-corrected chi connectivity index (χ0v) is 10.6. The molecule has 0 bridgehead atoms. The molecule has 1 aromatic rings. The van der Waals surface area contributed by atoms with E-state index in [1.54, 1.807) is 0 Å². The van der Waals surface area contributed by atoms with E-state index < -0.39 is 17.3 Å². The van der Waals surface area contributed by atoms with Crippen molar-refractivity contribution in [2.24, 2.45) is 0 Å². The number of hydrogen-bond acceptors (Lipinski definition) is 3. The van der Waals surface area contributed by atoms with Gasteiger partial charge in [-0.25, -0.2) is 9.18 Å². The first-order valence-electron chi connectivity index (χ1n) is 5.95. The van der Waals surface area contributed by atoms with E-state index in [1.807, 2.05) is 6.92 Å². The van der Waals surface area contributed by atoms with Gasteiger partial charge >= 0.3 is 5.97 Å². The van der Waals surface area contributed by atoms with Gasteiger partial charge < -0.3 is 15.2 Å². The molecule has 0 radical (unpaired) electrons. The number of rotatable bonds is 7. The highest BCUT2D eigenvalue weighted by molar-refractivity contribution is 5.94. The average Bonchev–Trinajstić information content (AvgIpc) is 2.36. The minimum Gasteiger partial charge on any atom is -0.478 e. The number of nitrogens with one attached hydrogen (secondary N) is 1. The van der Waals surface area contributed by atoms with Crippen molar-refractivity contribution in [3.8, 4) is 0 Å². The second kappa shape index (κ2) is 7.48. The van der Waals surface area contributed by atoms with Crippen molar-refractivity contribution >= 4 is 17.6 Å². The number of halogens is 1. The zero-order valence-electron chi connectivity index (χ0n) is 10.6. The maximum absolute atomic E-state index is 13.1. The van der Waals surface area contributed by atoms with Gasteiger partial charge in [0, 0.05) is 25.3 Å². The number of carbonyl (C=O) groups excluding carboxylic acids is 1. The van der Waals surface area contributed by atoms with Crippen LogP contribution in [0.4, 0.5) is 10.1 Å². The van der Waals surface area contributed by atoms with E-state index in [-0.39, 0.29) is 18.0 Å². The number of hydrogen-bond donors (Lipinski definition) is 2. The standard InChI is InChI=1S/C13H16FNO4/c1-2-19-7-3-4-12(16)15-9-5-6-11(14)10(8-9)13(17)18/h5-6,8H,2-4,7H2,1H3,(H,15,16)(H,17,18). The molecule has 0 aromatic heterocycles. The molecule has 5 nitrogen and oxygen atoms in total. The lowest BCUT2D eigenvalue weighted by molar-refractivity contribution is -0.116. The van der Waals surface area contributed by atoms with Gasteiger partial charge in [-0.3, -0.25) is 4.79 Å². The molecule has 19 heavy (non-hydrogen) atoms. The van der Waals surface area contributed by atoms with Crippen LogP contribution < -0.4 is 5.32 Å². The molecule has 2 N–H and O–H groups in total.